The molecule has 1 aliphatic heterocycles. The Balaban J connectivity index is 1.50. The normalized spacial score (nSPS) is 17.0. The van der Waals surface area contributed by atoms with Crippen LogP contribution in [0.2, 0.25) is 0 Å². The van der Waals surface area contributed by atoms with Crippen LogP contribution in [0.25, 0.3) is 0 Å². The maximum absolute atomic E-state index is 6.29. The summed E-state index contributed by atoms with van der Waals surface area (Å²) in [6.45, 7) is 11.5. The van der Waals surface area contributed by atoms with Gasteiger partial charge in [-0.2, -0.15) is 0 Å². The molecule has 1 aromatic rings. The fourth-order valence-corrected chi connectivity index (χ4v) is 7.05. The molecule has 0 spiro atoms. The van der Waals surface area contributed by atoms with E-state index in [0.717, 1.165) is 46.1 Å². The highest BCUT2D eigenvalue weighted by molar-refractivity contribution is 5.14. The molecule has 0 aromatic heterocycles. The molecule has 0 N–H and O–H groups in total. The van der Waals surface area contributed by atoms with Crippen molar-refractivity contribution in [2.45, 2.75) is 174 Å². The standard InChI is InChI=1S/C45H79NO2/c1-3-5-7-9-11-13-15-17-19-21-23-25-27-32-36-47-41-44-39-46(38-43-34-30-29-31-35-43)40-45(44)42-48-37-33-28-26-24-22-20-18-16-14-12-10-8-6-4-2/h13-16,29-31,34-35,44-45H,3-12,17-28,32-33,36-42H2,1-2H3/b15-13-,16-14-/t44-,45-/m1/s1. The van der Waals surface area contributed by atoms with Crippen molar-refractivity contribution < 1.29 is 9.47 Å². The zero-order valence-electron chi connectivity index (χ0n) is 32.0. The number of allylic oxidation sites excluding steroid dienone is 4. The Labute approximate surface area is 299 Å². The number of unbranched alkanes of at least 4 members (excludes halogenated alkanes) is 20. The van der Waals surface area contributed by atoms with E-state index in [1.165, 1.54) is 160 Å². The summed E-state index contributed by atoms with van der Waals surface area (Å²) in [6, 6.07) is 11.0. The number of ether oxygens (including phenoxy) is 2. The van der Waals surface area contributed by atoms with Crippen molar-refractivity contribution >= 4 is 0 Å². The van der Waals surface area contributed by atoms with E-state index in [0.29, 0.717) is 11.8 Å². The quantitative estimate of drug-likeness (QED) is 0.0540. The molecular weight excluding hydrogens is 587 g/mol. The minimum Gasteiger partial charge on any atom is -0.381 e. The summed E-state index contributed by atoms with van der Waals surface area (Å²) in [4.78, 5) is 2.63. The van der Waals surface area contributed by atoms with E-state index < -0.39 is 0 Å². The zero-order valence-corrected chi connectivity index (χ0v) is 32.0. The fraction of sp³-hybridized carbons (Fsp3) is 0.778. The molecule has 0 aliphatic carbocycles. The Hall–Kier alpha value is -1.42. The number of hydrogen-bond acceptors (Lipinski definition) is 3. The smallest absolute Gasteiger partial charge is 0.0510 e. The third kappa shape index (κ3) is 24.7. The van der Waals surface area contributed by atoms with Crippen LogP contribution in [-0.2, 0) is 16.0 Å². The Morgan fingerprint density at radius 2 is 0.875 bits per heavy atom. The molecular formula is C45H79NO2. The zero-order chi connectivity index (χ0) is 34.0. The average molecular weight is 666 g/mol. The predicted molar refractivity (Wildman–Crippen MR) is 211 cm³/mol. The molecule has 1 fully saturated rings. The molecule has 1 aliphatic rings. The SMILES string of the molecule is CCCCCC/C=C\CCCCCCCCOC[C@H]1CN(Cc2ccccc2)C[C@@H]1COCCCCCCCC/C=C\CCCCCC. The lowest BCUT2D eigenvalue weighted by Crippen LogP contribution is -2.23. The van der Waals surface area contributed by atoms with Crippen molar-refractivity contribution in [3.63, 3.8) is 0 Å². The molecule has 1 heterocycles. The molecule has 2 atom stereocenters. The van der Waals surface area contributed by atoms with E-state index in [9.17, 15) is 0 Å². The summed E-state index contributed by atoms with van der Waals surface area (Å²) in [7, 11) is 0. The number of hydrogen-bond donors (Lipinski definition) is 0. The van der Waals surface area contributed by atoms with E-state index in [1.807, 2.05) is 0 Å². The summed E-state index contributed by atoms with van der Waals surface area (Å²) in [5, 5.41) is 0. The molecule has 0 unspecified atom stereocenters. The predicted octanol–water partition coefficient (Wildman–Crippen LogP) is 13.3. The van der Waals surface area contributed by atoms with Gasteiger partial charge in [-0.25, -0.2) is 0 Å². The molecule has 276 valence electrons. The average Bonchev–Trinajstić information content (AvgIpc) is 3.48. The topological polar surface area (TPSA) is 21.7 Å². The maximum atomic E-state index is 6.29. The monoisotopic (exact) mass is 666 g/mol. The highest BCUT2D eigenvalue weighted by atomic mass is 16.5. The van der Waals surface area contributed by atoms with Crippen LogP contribution in [0.4, 0.5) is 0 Å². The van der Waals surface area contributed by atoms with Crippen LogP contribution < -0.4 is 0 Å². The molecule has 48 heavy (non-hydrogen) atoms. The van der Waals surface area contributed by atoms with Crippen LogP contribution >= 0.6 is 0 Å². The van der Waals surface area contributed by atoms with Crippen molar-refractivity contribution in [3.05, 3.63) is 60.2 Å². The van der Waals surface area contributed by atoms with Gasteiger partial charge in [-0.05, 0) is 69.8 Å². The first-order valence-electron chi connectivity index (χ1n) is 21.0. The van der Waals surface area contributed by atoms with Crippen molar-refractivity contribution in [2.75, 3.05) is 39.5 Å². The largest absolute Gasteiger partial charge is 0.381 e. The van der Waals surface area contributed by atoms with Crippen molar-refractivity contribution in [1.82, 2.24) is 4.90 Å². The molecule has 1 saturated heterocycles. The van der Waals surface area contributed by atoms with Gasteiger partial charge in [-0.1, -0.05) is 158 Å². The molecule has 0 amide bonds. The fourth-order valence-electron chi connectivity index (χ4n) is 7.05. The molecule has 2 rings (SSSR count). The number of nitrogens with zero attached hydrogens (tertiary/aromatic N) is 1. The molecule has 0 radical (unpaired) electrons. The van der Waals surface area contributed by atoms with Gasteiger partial charge in [-0.15, -0.1) is 0 Å². The third-order valence-electron chi connectivity index (χ3n) is 10.2. The lowest BCUT2D eigenvalue weighted by atomic mass is 9.98. The minimum atomic E-state index is 0.582. The molecule has 0 saturated carbocycles. The minimum absolute atomic E-state index is 0.582. The lowest BCUT2D eigenvalue weighted by molar-refractivity contribution is 0.0482. The first-order valence-corrected chi connectivity index (χ1v) is 21.0. The van der Waals surface area contributed by atoms with Crippen LogP contribution in [0.5, 0.6) is 0 Å². The Morgan fingerprint density at radius 1 is 0.500 bits per heavy atom. The molecule has 3 heteroatoms. The summed E-state index contributed by atoms with van der Waals surface area (Å²) in [5.41, 5.74) is 1.41. The van der Waals surface area contributed by atoms with E-state index in [-0.39, 0.29) is 0 Å². The number of benzene rings is 1. The second kappa shape index (κ2) is 32.8. The van der Waals surface area contributed by atoms with Crippen LogP contribution in [0, 0.1) is 11.8 Å². The number of rotatable bonds is 34. The van der Waals surface area contributed by atoms with Crippen molar-refractivity contribution in [2.24, 2.45) is 11.8 Å². The van der Waals surface area contributed by atoms with E-state index in [2.05, 4.69) is 73.4 Å². The summed E-state index contributed by atoms with van der Waals surface area (Å²) in [5.74, 6) is 1.16. The lowest BCUT2D eigenvalue weighted by Gasteiger charge is -2.18. The Morgan fingerprint density at radius 3 is 1.29 bits per heavy atom. The van der Waals surface area contributed by atoms with Gasteiger partial charge in [0.15, 0.2) is 0 Å². The van der Waals surface area contributed by atoms with E-state index in [4.69, 9.17) is 9.47 Å². The second-order valence-corrected chi connectivity index (χ2v) is 14.8. The molecule has 0 bridgehead atoms. The van der Waals surface area contributed by atoms with E-state index in [1.54, 1.807) is 0 Å². The summed E-state index contributed by atoms with van der Waals surface area (Å²) >= 11 is 0. The van der Waals surface area contributed by atoms with Gasteiger partial charge in [0.1, 0.15) is 0 Å². The molecule has 3 nitrogen and oxygen atoms in total. The van der Waals surface area contributed by atoms with Gasteiger partial charge >= 0.3 is 0 Å². The van der Waals surface area contributed by atoms with Crippen LogP contribution in [0.1, 0.15) is 174 Å². The third-order valence-corrected chi connectivity index (χ3v) is 10.2. The van der Waals surface area contributed by atoms with Crippen LogP contribution in [0.15, 0.2) is 54.6 Å². The van der Waals surface area contributed by atoms with Crippen LogP contribution in [0.3, 0.4) is 0 Å². The highest BCUT2D eigenvalue weighted by Crippen LogP contribution is 2.26. The second-order valence-electron chi connectivity index (χ2n) is 14.8. The van der Waals surface area contributed by atoms with Gasteiger partial charge in [0.2, 0.25) is 0 Å². The van der Waals surface area contributed by atoms with Gasteiger partial charge in [0.05, 0.1) is 13.2 Å². The first-order chi connectivity index (χ1) is 23.8. The highest BCUT2D eigenvalue weighted by Gasteiger charge is 2.32. The van der Waals surface area contributed by atoms with Gasteiger partial charge in [0, 0.05) is 44.7 Å². The van der Waals surface area contributed by atoms with Crippen LogP contribution in [-0.4, -0.2) is 44.4 Å². The Kier molecular flexibility index (Phi) is 29.2. The molecule has 1 aromatic carbocycles. The Bertz CT molecular complexity index is 802. The summed E-state index contributed by atoms with van der Waals surface area (Å²) in [6.07, 6.45) is 41.6. The van der Waals surface area contributed by atoms with Crippen molar-refractivity contribution in [3.8, 4) is 0 Å². The van der Waals surface area contributed by atoms with Crippen molar-refractivity contribution in [1.29, 1.82) is 0 Å². The summed E-state index contributed by atoms with van der Waals surface area (Å²) < 4.78 is 12.6. The van der Waals surface area contributed by atoms with Gasteiger partial charge in [-0.3, -0.25) is 4.90 Å². The van der Waals surface area contributed by atoms with Gasteiger partial charge < -0.3 is 9.47 Å². The maximum Gasteiger partial charge on any atom is 0.0510 e. The first kappa shape index (κ1) is 42.7. The number of likely N-dealkylation sites (tertiary alicyclic amines) is 1. The van der Waals surface area contributed by atoms with E-state index >= 15 is 0 Å². The van der Waals surface area contributed by atoms with Gasteiger partial charge in [0.25, 0.3) is 0 Å².